The normalized spacial score (nSPS) is 17.3. The van der Waals surface area contributed by atoms with Crippen LogP contribution in [-0.4, -0.2) is 7.85 Å². The summed E-state index contributed by atoms with van der Waals surface area (Å²) in [5, 5.41) is 0. The van der Waals surface area contributed by atoms with E-state index in [-0.39, 0.29) is 10.8 Å². The molecule has 0 nitrogen and oxygen atoms in total. The average molecular weight is 415 g/mol. The Labute approximate surface area is 171 Å². The number of halogens is 1. The highest BCUT2D eigenvalue weighted by Crippen LogP contribution is 2.56. The SMILES string of the molecule is Bc1cc(C)c2c(c1)C(C)(C)c1cc3c(cc1-2)C(C)(C)c1cc(Br)ccc1-3. The van der Waals surface area contributed by atoms with Crippen molar-refractivity contribution in [1.82, 2.24) is 0 Å². The first kappa shape index (κ1) is 17.3. The molecule has 134 valence electrons. The second kappa shape index (κ2) is 5.17. The number of benzene rings is 3. The maximum Gasteiger partial charge on any atom is 0.139 e. The van der Waals surface area contributed by atoms with Gasteiger partial charge in [0.2, 0.25) is 0 Å². The Hall–Kier alpha value is -1.80. The van der Waals surface area contributed by atoms with Gasteiger partial charge in [-0.25, -0.2) is 0 Å². The van der Waals surface area contributed by atoms with Crippen molar-refractivity contribution in [2.24, 2.45) is 0 Å². The molecule has 2 aliphatic rings. The highest BCUT2D eigenvalue weighted by atomic mass is 79.9. The lowest BCUT2D eigenvalue weighted by molar-refractivity contribution is 0.652. The molecule has 0 N–H and O–H groups in total. The zero-order chi connectivity index (χ0) is 19.3. The van der Waals surface area contributed by atoms with Crippen molar-refractivity contribution in [2.45, 2.75) is 45.4 Å². The molecule has 0 saturated carbocycles. The second-order valence-corrected chi connectivity index (χ2v) is 10.3. The summed E-state index contributed by atoms with van der Waals surface area (Å²) in [5.74, 6) is 0. The van der Waals surface area contributed by atoms with Crippen LogP contribution >= 0.6 is 15.9 Å². The quantitative estimate of drug-likeness (QED) is 0.418. The van der Waals surface area contributed by atoms with Crippen molar-refractivity contribution >= 4 is 29.2 Å². The molecule has 5 rings (SSSR count). The Morgan fingerprint density at radius 3 is 2.04 bits per heavy atom. The van der Waals surface area contributed by atoms with Crippen LogP contribution in [0.25, 0.3) is 22.3 Å². The van der Waals surface area contributed by atoms with E-state index in [1.54, 1.807) is 0 Å². The van der Waals surface area contributed by atoms with E-state index < -0.39 is 0 Å². The minimum atomic E-state index is 0.0228. The zero-order valence-corrected chi connectivity index (χ0v) is 18.5. The molecule has 0 radical (unpaired) electrons. The molecule has 2 heteroatoms. The molecular weight excluding hydrogens is 391 g/mol. The highest BCUT2D eigenvalue weighted by molar-refractivity contribution is 9.10. The van der Waals surface area contributed by atoms with E-state index in [0.29, 0.717) is 0 Å². The number of hydrogen-bond donors (Lipinski definition) is 0. The maximum absolute atomic E-state index is 3.67. The van der Waals surface area contributed by atoms with Crippen LogP contribution in [0.15, 0.2) is 46.9 Å². The summed E-state index contributed by atoms with van der Waals surface area (Å²) in [5.41, 5.74) is 14.3. The maximum atomic E-state index is 3.67. The molecule has 0 heterocycles. The van der Waals surface area contributed by atoms with Crippen LogP contribution in [0.2, 0.25) is 0 Å². The van der Waals surface area contributed by atoms with Crippen LogP contribution < -0.4 is 5.46 Å². The van der Waals surface area contributed by atoms with Crippen molar-refractivity contribution in [3.05, 3.63) is 74.8 Å². The van der Waals surface area contributed by atoms with E-state index in [1.165, 1.54) is 55.5 Å². The van der Waals surface area contributed by atoms with Crippen molar-refractivity contribution < 1.29 is 0 Å². The van der Waals surface area contributed by atoms with Gasteiger partial charge in [0.15, 0.2) is 0 Å². The van der Waals surface area contributed by atoms with Gasteiger partial charge in [0.25, 0.3) is 0 Å². The summed E-state index contributed by atoms with van der Waals surface area (Å²) in [7, 11) is 2.21. The van der Waals surface area contributed by atoms with Crippen LogP contribution in [0.5, 0.6) is 0 Å². The lowest BCUT2D eigenvalue weighted by Gasteiger charge is -2.24. The summed E-state index contributed by atoms with van der Waals surface area (Å²) < 4.78 is 1.16. The van der Waals surface area contributed by atoms with Gasteiger partial charge >= 0.3 is 0 Å². The largest absolute Gasteiger partial charge is 0.139 e. The van der Waals surface area contributed by atoms with Gasteiger partial charge in [0.05, 0.1) is 0 Å². The molecule has 0 atom stereocenters. The summed E-state index contributed by atoms with van der Waals surface area (Å²) in [6.45, 7) is 11.7. The topological polar surface area (TPSA) is 0 Å². The molecule has 0 unspecified atom stereocenters. The third-order valence-electron chi connectivity index (χ3n) is 6.87. The fourth-order valence-electron chi connectivity index (χ4n) is 5.44. The first-order valence-electron chi connectivity index (χ1n) is 9.74. The van der Waals surface area contributed by atoms with Crippen LogP contribution in [0.4, 0.5) is 0 Å². The number of rotatable bonds is 0. The van der Waals surface area contributed by atoms with E-state index in [0.717, 1.165) is 4.47 Å². The van der Waals surface area contributed by atoms with Crippen LogP contribution in [-0.2, 0) is 10.8 Å². The number of hydrogen-bond acceptors (Lipinski definition) is 0. The lowest BCUT2D eigenvalue weighted by Crippen LogP contribution is -2.18. The van der Waals surface area contributed by atoms with Crippen molar-refractivity contribution in [2.75, 3.05) is 0 Å². The first-order valence-corrected chi connectivity index (χ1v) is 10.5. The van der Waals surface area contributed by atoms with Crippen LogP contribution in [0.1, 0.15) is 55.5 Å². The molecule has 3 aromatic carbocycles. The molecular formula is C25H24BBr. The zero-order valence-electron chi connectivity index (χ0n) is 16.9. The highest BCUT2D eigenvalue weighted by Gasteiger charge is 2.42. The minimum Gasteiger partial charge on any atom is -0.0884 e. The molecule has 2 aliphatic carbocycles. The van der Waals surface area contributed by atoms with E-state index in [4.69, 9.17) is 0 Å². The third-order valence-corrected chi connectivity index (χ3v) is 7.37. The molecule has 0 amide bonds. The smallest absolute Gasteiger partial charge is 0.0884 e. The molecule has 0 spiro atoms. The van der Waals surface area contributed by atoms with E-state index in [2.05, 4.69) is 101 Å². The van der Waals surface area contributed by atoms with Gasteiger partial charge in [-0.05, 0) is 81.3 Å². The molecule has 0 fully saturated rings. The summed E-state index contributed by atoms with van der Waals surface area (Å²) >= 11 is 3.67. The van der Waals surface area contributed by atoms with E-state index in [9.17, 15) is 0 Å². The predicted molar refractivity (Wildman–Crippen MR) is 122 cm³/mol. The van der Waals surface area contributed by atoms with Crippen molar-refractivity contribution in [1.29, 1.82) is 0 Å². The lowest BCUT2D eigenvalue weighted by atomic mass is 9.78. The summed E-state index contributed by atoms with van der Waals surface area (Å²) in [6, 6.07) is 16.5. The summed E-state index contributed by atoms with van der Waals surface area (Å²) in [4.78, 5) is 0. The monoisotopic (exact) mass is 414 g/mol. The Kier molecular flexibility index (Phi) is 3.32. The third kappa shape index (κ3) is 2.11. The van der Waals surface area contributed by atoms with Crippen LogP contribution in [0.3, 0.4) is 0 Å². The van der Waals surface area contributed by atoms with Gasteiger partial charge < -0.3 is 0 Å². The van der Waals surface area contributed by atoms with Crippen molar-refractivity contribution in [3.63, 3.8) is 0 Å². The number of aryl methyl sites for hydroxylation is 1. The molecule has 0 saturated heterocycles. The molecule has 0 aromatic heterocycles. The van der Waals surface area contributed by atoms with Gasteiger partial charge in [-0.15, -0.1) is 0 Å². The Morgan fingerprint density at radius 2 is 1.30 bits per heavy atom. The molecule has 0 bridgehead atoms. The van der Waals surface area contributed by atoms with Gasteiger partial charge in [0.1, 0.15) is 7.85 Å². The van der Waals surface area contributed by atoms with Gasteiger partial charge in [-0.3, -0.25) is 0 Å². The summed E-state index contributed by atoms with van der Waals surface area (Å²) in [6.07, 6.45) is 0. The van der Waals surface area contributed by atoms with Gasteiger partial charge in [-0.2, -0.15) is 0 Å². The fourth-order valence-corrected chi connectivity index (χ4v) is 5.80. The van der Waals surface area contributed by atoms with Gasteiger partial charge in [0, 0.05) is 15.3 Å². The van der Waals surface area contributed by atoms with E-state index >= 15 is 0 Å². The average Bonchev–Trinajstić information content (AvgIpc) is 2.93. The van der Waals surface area contributed by atoms with E-state index in [1.807, 2.05) is 0 Å². The van der Waals surface area contributed by atoms with Crippen LogP contribution in [0, 0.1) is 6.92 Å². The Balaban J connectivity index is 1.86. The Morgan fingerprint density at radius 1 is 0.704 bits per heavy atom. The molecule has 27 heavy (non-hydrogen) atoms. The molecule has 0 aliphatic heterocycles. The van der Waals surface area contributed by atoms with Gasteiger partial charge in [-0.1, -0.05) is 67.3 Å². The Bertz CT molecular complexity index is 1150. The first-order chi connectivity index (χ1) is 12.6. The minimum absolute atomic E-state index is 0.0228. The predicted octanol–water partition coefficient (Wildman–Crippen LogP) is 5.63. The standard InChI is InChI=1S/C25H24BBr/c1-13-8-14(26)9-22-23(13)18-12-20-17(11-21(18)25(22,4)5)16-7-6-15(27)10-19(16)24(20,2)3/h6-12H,26H2,1-5H3. The number of fused-ring (bicyclic) bond motifs is 6. The second-order valence-electron chi connectivity index (χ2n) is 9.39. The van der Waals surface area contributed by atoms with Crippen molar-refractivity contribution in [3.8, 4) is 22.3 Å². The molecule has 3 aromatic rings. The fraction of sp³-hybridized carbons (Fsp3) is 0.280.